The normalized spacial score (nSPS) is 16.3. The van der Waals surface area contributed by atoms with Crippen molar-refractivity contribution in [3.63, 3.8) is 0 Å². The van der Waals surface area contributed by atoms with E-state index < -0.39 is 0 Å². The van der Waals surface area contributed by atoms with Crippen LogP contribution in [0.3, 0.4) is 0 Å². The average Bonchev–Trinajstić information content (AvgIpc) is 3.17. The summed E-state index contributed by atoms with van der Waals surface area (Å²) in [5.41, 5.74) is 0. The number of para-hydroxylation sites is 2. The number of hydrogen-bond acceptors (Lipinski definition) is 4. The second kappa shape index (κ2) is 11.6. The summed E-state index contributed by atoms with van der Waals surface area (Å²) in [6.07, 6.45) is 3.80. The van der Waals surface area contributed by atoms with Crippen molar-refractivity contribution in [2.24, 2.45) is 4.99 Å². The highest BCUT2D eigenvalue weighted by Crippen LogP contribution is 2.26. The summed E-state index contributed by atoms with van der Waals surface area (Å²) in [7, 11) is 1.65. The quantitative estimate of drug-likeness (QED) is 0.380. The molecule has 6 heteroatoms. The SMILES string of the molecule is CCNC(=NCC(C)Oc1ccccc1OC)NCCCN1CCCC1. The molecular formula is C20H34N4O2. The third-order valence-corrected chi connectivity index (χ3v) is 4.39. The Morgan fingerprint density at radius 2 is 1.92 bits per heavy atom. The predicted molar refractivity (Wildman–Crippen MR) is 107 cm³/mol. The van der Waals surface area contributed by atoms with Crippen LogP contribution in [0.2, 0.25) is 0 Å². The molecule has 1 aliphatic heterocycles. The molecule has 0 bridgehead atoms. The second-order valence-corrected chi connectivity index (χ2v) is 6.63. The van der Waals surface area contributed by atoms with Gasteiger partial charge in [0, 0.05) is 13.1 Å². The van der Waals surface area contributed by atoms with Crippen molar-refractivity contribution in [1.82, 2.24) is 15.5 Å². The van der Waals surface area contributed by atoms with Gasteiger partial charge in [-0.15, -0.1) is 0 Å². The summed E-state index contributed by atoms with van der Waals surface area (Å²) < 4.78 is 11.3. The molecule has 6 nitrogen and oxygen atoms in total. The lowest BCUT2D eigenvalue weighted by molar-refractivity contribution is 0.219. The van der Waals surface area contributed by atoms with Crippen molar-refractivity contribution in [2.75, 3.05) is 46.4 Å². The molecule has 0 aliphatic carbocycles. The first-order chi connectivity index (χ1) is 12.7. The van der Waals surface area contributed by atoms with E-state index >= 15 is 0 Å². The fraction of sp³-hybridized carbons (Fsp3) is 0.650. The lowest BCUT2D eigenvalue weighted by atomic mass is 10.3. The number of likely N-dealkylation sites (tertiary alicyclic amines) is 1. The fourth-order valence-electron chi connectivity index (χ4n) is 3.05. The lowest BCUT2D eigenvalue weighted by Gasteiger charge is -2.17. The summed E-state index contributed by atoms with van der Waals surface area (Å²) in [5, 5.41) is 6.72. The van der Waals surface area contributed by atoms with E-state index in [9.17, 15) is 0 Å². The number of methoxy groups -OCH3 is 1. The number of guanidine groups is 1. The number of nitrogens with one attached hydrogen (secondary N) is 2. The maximum atomic E-state index is 5.96. The molecular weight excluding hydrogens is 328 g/mol. The molecule has 1 unspecified atom stereocenters. The molecule has 0 amide bonds. The smallest absolute Gasteiger partial charge is 0.191 e. The van der Waals surface area contributed by atoms with Crippen LogP contribution in [0.15, 0.2) is 29.3 Å². The van der Waals surface area contributed by atoms with Gasteiger partial charge in [-0.3, -0.25) is 0 Å². The Balaban J connectivity index is 1.75. The van der Waals surface area contributed by atoms with Gasteiger partial charge < -0.3 is 25.0 Å². The van der Waals surface area contributed by atoms with Crippen molar-refractivity contribution in [3.05, 3.63) is 24.3 Å². The highest BCUT2D eigenvalue weighted by atomic mass is 16.5. The average molecular weight is 363 g/mol. The van der Waals surface area contributed by atoms with Crippen LogP contribution in [0.5, 0.6) is 11.5 Å². The molecule has 2 N–H and O–H groups in total. The first-order valence-corrected chi connectivity index (χ1v) is 9.77. The van der Waals surface area contributed by atoms with Crippen molar-refractivity contribution < 1.29 is 9.47 Å². The van der Waals surface area contributed by atoms with Gasteiger partial charge in [-0.1, -0.05) is 12.1 Å². The minimum absolute atomic E-state index is 0.0358. The van der Waals surface area contributed by atoms with Crippen LogP contribution >= 0.6 is 0 Å². The monoisotopic (exact) mass is 362 g/mol. The number of nitrogens with zero attached hydrogens (tertiary/aromatic N) is 2. The van der Waals surface area contributed by atoms with Gasteiger partial charge in [-0.05, 0) is 64.9 Å². The van der Waals surface area contributed by atoms with E-state index in [1.54, 1.807) is 7.11 Å². The Bertz CT molecular complexity index is 544. The van der Waals surface area contributed by atoms with Crippen molar-refractivity contribution >= 4 is 5.96 Å². The molecule has 1 aromatic carbocycles. The Labute approximate surface area is 158 Å². The molecule has 146 valence electrons. The topological polar surface area (TPSA) is 58.1 Å². The number of ether oxygens (including phenoxy) is 2. The summed E-state index contributed by atoms with van der Waals surface area (Å²) in [6, 6.07) is 7.70. The molecule has 0 aromatic heterocycles. The molecule has 2 rings (SSSR count). The lowest BCUT2D eigenvalue weighted by Crippen LogP contribution is -2.39. The van der Waals surface area contributed by atoms with Crippen LogP contribution in [0.25, 0.3) is 0 Å². The summed E-state index contributed by atoms with van der Waals surface area (Å²) in [6.45, 7) is 10.1. The molecule has 26 heavy (non-hydrogen) atoms. The first-order valence-electron chi connectivity index (χ1n) is 9.77. The third kappa shape index (κ3) is 7.12. The Morgan fingerprint density at radius 1 is 1.19 bits per heavy atom. The van der Waals surface area contributed by atoms with Gasteiger partial charge in [0.25, 0.3) is 0 Å². The van der Waals surface area contributed by atoms with E-state index in [0.717, 1.165) is 37.0 Å². The standard InChI is InChI=1S/C20H34N4O2/c1-4-21-20(22-12-9-15-24-13-7-8-14-24)23-16-17(2)26-19-11-6-5-10-18(19)25-3/h5-6,10-11,17H,4,7-9,12-16H2,1-3H3,(H2,21,22,23). The van der Waals surface area contributed by atoms with Crippen molar-refractivity contribution in [3.8, 4) is 11.5 Å². The molecule has 1 fully saturated rings. The summed E-state index contributed by atoms with van der Waals surface area (Å²) in [4.78, 5) is 7.19. The van der Waals surface area contributed by atoms with Crippen LogP contribution in [0.4, 0.5) is 0 Å². The number of aliphatic imine (C=N–C) groups is 1. The van der Waals surface area contributed by atoms with Crippen molar-refractivity contribution in [1.29, 1.82) is 0 Å². The predicted octanol–water partition coefficient (Wildman–Crippen LogP) is 2.50. The highest BCUT2D eigenvalue weighted by Gasteiger charge is 2.11. The van der Waals surface area contributed by atoms with Crippen LogP contribution < -0.4 is 20.1 Å². The Kier molecular flexibility index (Phi) is 9.10. The van der Waals surface area contributed by atoms with Gasteiger partial charge in [-0.25, -0.2) is 4.99 Å². The van der Waals surface area contributed by atoms with Gasteiger partial charge in [-0.2, -0.15) is 0 Å². The van der Waals surface area contributed by atoms with Crippen molar-refractivity contribution in [2.45, 2.75) is 39.2 Å². The van der Waals surface area contributed by atoms with E-state index in [1.165, 1.54) is 32.5 Å². The molecule has 0 spiro atoms. The molecule has 0 saturated carbocycles. The van der Waals surface area contributed by atoms with Gasteiger partial charge in [0.15, 0.2) is 17.5 Å². The zero-order valence-corrected chi connectivity index (χ0v) is 16.5. The molecule has 1 aromatic rings. The molecule has 1 heterocycles. The van der Waals surface area contributed by atoms with Gasteiger partial charge in [0.2, 0.25) is 0 Å². The highest BCUT2D eigenvalue weighted by molar-refractivity contribution is 5.79. The van der Waals surface area contributed by atoms with Crippen LogP contribution in [0.1, 0.15) is 33.1 Å². The molecule has 1 atom stereocenters. The number of hydrogen-bond donors (Lipinski definition) is 2. The minimum Gasteiger partial charge on any atom is -0.493 e. The molecule has 1 aliphatic rings. The van der Waals surface area contributed by atoms with E-state index in [-0.39, 0.29) is 6.10 Å². The second-order valence-electron chi connectivity index (χ2n) is 6.63. The fourth-order valence-corrected chi connectivity index (χ4v) is 3.05. The van der Waals surface area contributed by atoms with Crippen LogP contribution in [0, 0.1) is 0 Å². The Morgan fingerprint density at radius 3 is 2.62 bits per heavy atom. The number of benzene rings is 1. The maximum absolute atomic E-state index is 5.96. The molecule has 1 saturated heterocycles. The summed E-state index contributed by atoms with van der Waals surface area (Å²) in [5.74, 6) is 2.35. The largest absolute Gasteiger partial charge is 0.493 e. The van der Waals surface area contributed by atoms with Crippen LogP contribution in [-0.2, 0) is 0 Å². The third-order valence-electron chi connectivity index (χ3n) is 4.39. The zero-order valence-electron chi connectivity index (χ0n) is 16.5. The maximum Gasteiger partial charge on any atom is 0.191 e. The molecule has 0 radical (unpaired) electrons. The number of rotatable bonds is 10. The summed E-state index contributed by atoms with van der Waals surface area (Å²) >= 11 is 0. The van der Waals surface area contributed by atoms with E-state index in [0.29, 0.717) is 6.54 Å². The van der Waals surface area contributed by atoms with E-state index in [4.69, 9.17) is 9.47 Å². The minimum atomic E-state index is -0.0358. The van der Waals surface area contributed by atoms with Crippen LogP contribution in [-0.4, -0.2) is 63.3 Å². The Hall–Kier alpha value is -1.95. The van der Waals surface area contributed by atoms with E-state index in [2.05, 4.69) is 27.4 Å². The zero-order chi connectivity index (χ0) is 18.6. The van der Waals surface area contributed by atoms with Gasteiger partial charge >= 0.3 is 0 Å². The van der Waals surface area contributed by atoms with Gasteiger partial charge in [0.1, 0.15) is 6.10 Å². The van der Waals surface area contributed by atoms with E-state index in [1.807, 2.05) is 31.2 Å². The van der Waals surface area contributed by atoms with Gasteiger partial charge in [0.05, 0.1) is 13.7 Å². The first kappa shape index (κ1) is 20.4.